The lowest BCUT2D eigenvalue weighted by Crippen LogP contribution is -2.35. The van der Waals surface area contributed by atoms with Gasteiger partial charge in [-0.05, 0) is 116 Å². The van der Waals surface area contributed by atoms with Gasteiger partial charge in [-0.3, -0.25) is 9.59 Å². The Bertz CT molecular complexity index is 3130. The highest BCUT2D eigenvalue weighted by molar-refractivity contribution is 7.80. The number of nitrogens with one attached hydrogen (secondary N) is 2. The van der Waals surface area contributed by atoms with E-state index in [9.17, 15) is 24.9 Å². The molecular weight excluding hydrogens is 1040 g/mol. The van der Waals surface area contributed by atoms with Crippen LogP contribution in [0.2, 0.25) is 0 Å². The average molecular weight is 1110 g/mol. The molecule has 19 heteroatoms. The van der Waals surface area contributed by atoms with Crippen molar-refractivity contribution < 1.29 is 58.1 Å². The number of rotatable bonds is 27. The number of hydrogen-bond acceptors (Lipinski definition) is 15. The number of aryl methyl sites for hydroxylation is 2. The van der Waals surface area contributed by atoms with Gasteiger partial charge in [0.2, 0.25) is 0 Å². The lowest BCUT2D eigenvalue weighted by atomic mass is 9.75. The molecule has 1 atom stereocenters. The van der Waals surface area contributed by atoms with Crippen LogP contribution in [0, 0.1) is 12.3 Å². The molecule has 5 aromatic carbocycles. The number of amides is 1. The van der Waals surface area contributed by atoms with Crippen LogP contribution >= 0.6 is 12.2 Å². The van der Waals surface area contributed by atoms with Crippen LogP contribution in [0.25, 0.3) is 5.69 Å². The highest BCUT2D eigenvalue weighted by atomic mass is 32.1. The van der Waals surface area contributed by atoms with E-state index >= 15 is 0 Å². The molecule has 1 aliphatic carbocycles. The van der Waals surface area contributed by atoms with E-state index in [1.165, 1.54) is 17.7 Å². The van der Waals surface area contributed by atoms with Crippen molar-refractivity contribution in [1.82, 2.24) is 14.7 Å². The van der Waals surface area contributed by atoms with E-state index < -0.39 is 17.8 Å². The minimum atomic E-state index is -1.30. The Morgan fingerprint density at radius 3 is 2.04 bits per heavy atom. The summed E-state index contributed by atoms with van der Waals surface area (Å²) in [5, 5.41) is 44.1. The maximum atomic E-state index is 13.0. The van der Waals surface area contributed by atoms with Gasteiger partial charge in [0.1, 0.15) is 23.0 Å². The largest absolute Gasteiger partial charge is 0.508 e. The zero-order valence-corrected chi connectivity index (χ0v) is 46.7. The number of carbonyl (C=O) groups is 2. The molecule has 9 rings (SSSR count). The number of anilines is 2. The number of aromatic hydroxyl groups is 2. The van der Waals surface area contributed by atoms with Crippen molar-refractivity contribution in [3.8, 4) is 28.7 Å². The number of phenolic OH excluding ortho intramolecular Hbond substituents is 2. The topological polar surface area (TPSA) is 231 Å². The van der Waals surface area contributed by atoms with Gasteiger partial charge in [0, 0.05) is 85.0 Å². The fourth-order valence-electron chi connectivity index (χ4n) is 10.7. The number of ether oxygens (including phenoxy) is 7. The summed E-state index contributed by atoms with van der Waals surface area (Å²) in [6.07, 6.45) is 2.22. The fourth-order valence-corrected chi connectivity index (χ4v) is 10.9. The molecule has 1 unspecified atom stereocenters. The Hall–Kier alpha value is -6.94. The minimum Gasteiger partial charge on any atom is -0.508 e. The predicted octanol–water partition coefficient (Wildman–Crippen LogP) is 9.00. The third-order valence-corrected chi connectivity index (χ3v) is 14.8. The quantitative estimate of drug-likeness (QED) is 0.0209. The van der Waals surface area contributed by atoms with E-state index in [2.05, 4.69) is 60.6 Å². The number of Topliss-reactive ketones (excluding diaryl/α,β-unsaturated/α-hetero) is 1. The van der Waals surface area contributed by atoms with Crippen LogP contribution in [0.3, 0.4) is 0 Å². The minimum absolute atomic E-state index is 0.00681. The molecule has 1 aromatic heterocycles. The van der Waals surface area contributed by atoms with Crippen molar-refractivity contribution >= 4 is 40.4 Å². The molecule has 6 aromatic rings. The number of aromatic nitrogens is 2. The zero-order valence-electron chi connectivity index (χ0n) is 45.9. The van der Waals surface area contributed by atoms with E-state index in [0.29, 0.717) is 172 Å². The van der Waals surface area contributed by atoms with Crippen molar-refractivity contribution in [2.45, 2.75) is 78.2 Å². The Morgan fingerprint density at radius 1 is 0.787 bits per heavy atom. The molecule has 80 heavy (non-hydrogen) atoms. The molecule has 0 saturated heterocycles. The van der Waals surface area contributed by atoms with E-state index in [-0.39, 0.29) is 22.7 Å². The molecule has 0 radical (unpaired) electrons. The maximum Gasteiger partial charge on any atom is 0.250 e. The second kappa shape index (κ2) is 26.1. The van der Waals surface area contributed by atoms with Gasteiger partial charge in [-0.2, -0.15) is 5.10 Å². The molecule has 1 amide bonds. The highest BCUT2D eigenvalue weighted by Crippen LogP contribution is 2.59. The van der Waals surface area contributed by atoms with Crippen molar-refractivity contribution in [1.29, 1.82) is 0 Å². The van der Waals surface area contributed by atoms with Crippen LogP contribution < -0.4 is 21.1 Å². The predicted molar refractivity (Wildman–Crippen MR) is 306 cm³/mol. The Morgan fingerprint density at radius 2 is 1.40 bits per heavy atom. The van der Waals surface area contributed by atoms with Gasteiger partial charge in [0.25, 0.3) is 5.91 Å². The number of aliphatic hydroxyl groups excluding tert-OH is 1. The summed E-state index contributed by atoms with van der Waals surface area (Å²) >= 11 is 6.05. The summed E-state index contributed by atoms with van der Waals surface area (Å²) in [5.41, 5.74) is 13.8. The first-order valence-corrected chi connectivity index (χ1v) is 27.7. The Balaban J connectivity index is 0.650. The number of phenols is 2. The number of benzene rings is 5. The number of ketones is 1. The number of primary amides is 1. The summed E-state index contributed by atoms with van der Waals surface area (Å²) < 4.78 is 43.2. The first-order valence-electron chi connectivity index (χ1n) is 27.3. The number of carbonyl (C=O) groups excluding carboxylic acids is 2. The Kier molecular flexibility index (Phi) is 18.8. The van der Waals surface area contributed by atoms with Crippen molar-refractivity contribution in [2.24, 2.45) is 11.1 Å². The van der Waals surface area contributed by atoms with Gasteiger partial charge in [-0.1, -0.05) is 51.1 Å². The van der Waals surface area contributed by atoms with Crippen LogP contribution in [0.1, 0.15) is 112 Å². The number of thiocarbonyl (C=S) groups is 1. The SMILES string of the molecule is CCc1cccc(CN(CCCOCCOCCOCCOCCOCCCNc2cc(-n3nc(C)c4c3CC(C)(C)CC4=O)ccc2C(N)=O)C(=S)Nc2ccc3c(c2)C(O)OC32c3ccc(O)cc3Oc3cc(O)ccc32)c1. The lowest BCUT2D eigenvalue weighted by molar-refractivity contribution is -0.142. The average Bonchev–Trinajstić information content (AvgIpc) is 4.14. The number of nitrogens with two attached hydrogens (primary N) is 1. The normalized spacial score (nSPS) is 15.4. The smallest absolute Gasteiger partial charge is 0.250 e. The van der Waals surface area contributed by atoms with E-state index in [4.69, 9.17) is 56.2 Å². The molecule has 2 aliphatic heterocycles. The summed E-state index contributed by atoms with van der Waals surface area (Å²) in [5.74, 6) is 0.287. The van der Waals surface area contributed by atoms with E-state index in [1.54, 1.807) is 30.3 Å². The fraction of sp³-hybridized carbons (Fsp3) is 0.410. The summed E-state index contributed by atoms with van der Waals surface area (Å²) in [7, 11) is 0. The van der Waals surface area contributed by atoms with Crippen LogP contribution in [-0.4, -0.2) is 126 Å². The van der Waals surface area contributed by atoms with Crippen LogP contribution in [0.4, 0.5) is 11.4 Å². The Labute approximate surface area is 472 Å². The van der Waals surface area contributed by atoms with Crippen molar-refractivity contribution in [3.05, 3.63) is 153 Å². The van der Waals surface area contributed by atoms with Crippen LogP contribution in [-0.2, 0) is 53.4 Å². The molecule has 0 fully saturated rings. The molecular formula is C61H72N6O12S. The first-order chi connectivity index (χ1) is 38.6. The summed E-state index contributed by atoms with van der Waals surface area (Å²) in [6.45, 7) is 14.4. The molecule has 0 bridgehead atoms. The van der Waals surface area contributed by atoms with Gasteiger partial charge < -0.3 is 69.7 Å². The van der Waals surface area contributed by atoms with Crippen molar-refractivity contribution in [3.63, 3.8) is 0 Å². The number of nitrogens with zero attached hydrogens (tertiary/aromatic N) is 3. The monoisotopic (exact) mass is 1110 g/mol. The van der Waals surface area contributed by atoms with E-state index in [0.717, 1.165) is 29.8 Å². The number of fused-ring (bicyclic) bond motifs is 7. The summed E-state index contributed by atoms with van der Waals surface area (Å²) in [6, 6.07) is 29.0. The molecule has 1 spiro atoms. The molecule has 0 saturated carbocycles. The zero-order chi connectivity index (χ0) is 56.4. The number of hydrogen-bond donors (Lipinski definition) is 6. The maximum absolute atomic E-state index is 13.0. The lowest BCUT2D eigenvalue weighted by Gasteiger charge is -2.37. The summed E-state index contributed by atoms with van der Waals surface area (Å²) in [4.78, 5) is 27.3. The first kappa shape index (κ1) is 57.7. The number of aliphatic hydroxyl groups is 1. The van der Waals surface area contributed by atoms with Gasteiger partial charge in [-0.15, -0.1) is 0 Å². The standard InChI is InChI=1S/C61H72N6O12S/c1-5-40-9-6-10-41(31-40)38-66(59(80)64-42-11-16-48-47(32-42)58(72)79-61(48)49-17-13-44(68)34-54(49)78-55-35-45(69)14-18-50(55)61)20-8-22-74-24-26-76-28-30-77-29-27-75-25-23-73-21-7-19-63-51-33-43(12-15-46(51)57(62)71)67-52-36-60(3,4)37-53(70)56(52)39(2)65-67/h6,9-18,31-35,58,63,68-69,72H,5,7-8,19-30,36-38H2,1-4H3,(H2,62,71)(H,64,80). The second-order valence-corrected chi connectivity index (χ2v) is 21.4. The van der Waals surface area contributed by atoms with Crippen LogP contribution in [0.15, 0.2) is 97.1 Å². The van der Waals surface area contributed by atoms with Gasteiger partial charge >= 0.3 is 0 Å². The molecule has 424 valence electrons. The molecule has 3 heterocycles. The molecule has 7 N–H and O–H groups in total. The molecule has 18 nitrogen and oxygen atoms in total. The van der Waals surface area contributed by atoms with E-state index in [1.807, 2.05) is 41.9 Å². The second-order valence-electron chi connectivity index (χ2n) is 21.0. The third kappa shape index (κ3) is 13.4. The van der Waals surface area contributed by atoms with Crippen LogP contribution in [0.5, 0.6) is 23.0 Å². The highest BCUT2D eigenvalue weighted by Gasteiger charge is 2.53. The molecule has 3 aliphatic rings. The third-order valence-electron chi connectivity index (χ3n) is 14.4. The van der Waals surface area contributed by atoms with Gasteiger partial charge in [0.15, 0.2) is 22.8 Å². The van der Waals surface area contributed by atoms with Gasteiger partial charge in [-0.25, -0.2) is 4.68 Å². The van der Waals surface area contributed by atoms with Gasteiger partial charge in [0.05, 0.1) is 81.1 Å². The van der Waals surface area contributed by atoms with Crippen molar-refractivity contribution in [2.75, 3.05) is 89.8 Å².